The Kier molecular flexibility index (Phi) is 7.50. The van der Waals surface area contributed by atoms with Crippen molar-refractivity contribution in [3.05, 3.63) is 35.4 Å². The van der Waals surface area contributed by atoms with Crippen molar-refractivity contribution in [1.29, 1.82) is 0 Å². The van der Waals surface area contributed by atoms with Crippen LogP contribution in [0.15, 0.2) is 18.2 Å². The summed E-state index contributed by atoms with van der Waals surface area (Å²) in [4.78, 5) is 24.7. The van der Waals surface area contributed by atoms with Crippen molar-refractivity contribution in [2.75, 3.05) is 13.6 Å². The lowest BCUT2D eigenvalue weighted by molar-refractivity contribution is -0.129. The van der Waals surface area contributed by atoms with Crippen LogP contribution in [0, 0.1) is 11.6 Å². The lowest BCUT2D eigenvalue weighted by Crippen LogP contribution is -2.50. The monoisotopic (exact) mass is 372 g/mol. The zero-order valence-corrected chi connectivity index (χ0v) is 15.7. The zero-order chi connectivity index (χ0) is 20.1. The number of nitrogens with one attached hydrogen (secondary N) is 1. The highest BCUT2D eigenvalue weighted by Gasteiger charge is 2.27. The van der Waals surface area contributed by atoms with Gasteiger partial charge in [0.1, 0.15) is 17.2 Å². The van der Waals surface area contributed by atoms with Crippen molar-refractivity contribution in [3.63, 3.8) is 0 Å². The van der Waals surface area contributed by atoms with Gasteiger partial charge in [0, 0.05) is 20.5 Å². The summed E-state index contributed by atoms with van der Waals surface area (Å²) in [7, 11) is 1.48. The number of aliphatic hydroxyl groups excluding tert-OH is 1. The second-order valence-corrected chi connectivity index (χ2v) is 7.16. The summed E-state index contributed by atoms with van der Waals surface area (Å²) in [5.41, 5.74) is -0.768. The third-order valence-corrected chi connectivity index (χ3v) is 3.61. The standard InChI is InChI=1S/C18H26F2N2O4/c1-11(23)22(5)10-16(24)15(21-17(25)26-18(2,3)4)9-12-8-13(19)6-7-14(12)20/h6-8,15-16,24H,9-10H2,1-5H3,(H,21,25)/t15-,16+/m1/s1. The predicted octanol–water partition coefficient (Wildman–Crippen LogP) is 2.24. The summed E-state index contributed by atoms with van der Waals surface area (Å²) >= 11 is 0. The molecule has 1 aromatic carbocycles. The largest absolute Gasteiger partial charge is 0.444 e. The molecule has 0 spiro atoms. The van der Waals surface area contributed by atoms with E-state index in [2.05, 4.69) is 5.32 Å². The maximum atomic E-state index is 13.9. The minimum Gasteiger partial charge on any atom is -0.444 e. The molecule has 2 N–H and O–H groups in total. The van der Waals surface area contributed by atoms with Crippen molar-refractivity contribution in [2.45, 2.75) is 51.9 Å². The average molecular weight is 372 g/mol. The van der Waals surface area contributed by atoms with Gasteiger partial charge in [-0.3, -0.25) is 4.79 Å². The van der Waals surface area contributed by atoms with Gasteiger partial charge in [0.25, 0.3) is 0 Å². The summed E-state index contributed by atoms with van der Waals surface area (Å²) < 4.78 is 32.5. The molecule has 8 heteroatoms. The van der Waals surface area contributed by atoms with E-state index in [1.165, 1.54) is 18.9 Å². The number of amides is 2. The summed E-state index contributed by atoms with van der Waals surface area (Å²) in [6.07, 6.45) is -2.18. The molecule has 0 aliphatic rings. The highest BCUT2D eigenvalue weighted by molar-refractivity contribution is 5.73. The Bertz CT molecular complexity index is 647. The van der Waals surface area contributed by atoms with Gasteiger partial charge in [-0.1, -0.05) is 0 Å². The number of ether oxygens (including phenoxy) is 1. The van der Waals surface area contributed by atoms with Gasteiger partial charge in [0.15, 0.2) is 0 Å². The molecular weight excluding hydrogens is 346 g/mol. The minimum atomic E-state index is -1.21. The Hall–Kier alpha value is -2.22. The Balaban J connectivity index is 2.98. The molecule has 0 unspecified atom stereocenters. The first-order valence-corrected chi connectivity index (χ1v) is 8.22. The summed E-state index contributed by atoms with van der Waals surface area (Å²) in [6, 6.07) is 1.97. The van der Waals surface area contributed by atoms with E-state index in [9.17, 15) is 23.5 Å². The number of halogens is 2. The van der Waals surface area contributed by atoms with Crippen molar-refractivity contribution >= 4 is 12.0 Å². The van der Waals surface area contributed by atoms with Gasteiger partial charge in [0.2, 0.25) is 5.91 Å². The normalized spacial score (nSPS) is 13.7. The molecule has 1 rings (SSSR count). The Morgan fingerprint density at radius 3 is 2.46 bits per heavy atom. The third-order valence-electron chi connectivity index (χ3n) is 3.61. The van der Waals surface area contributed by atoms with Gasteiger partial charge in [0.05, 0.1) is 12.1 Å². The molecule has 0 fully saturated rings. The first-order chi connectivity index (χ1) is 11.9. The molecule has 0 aliphatic carbocycles. The molecule has 0 aliphatic heterocycles. The molecule has 0 saturated heterocycles. The molecule has 2 amide bonds. The van der Waals surface area contributed by atoms with Gasteiger partial charge in [-0.05, 0) is 51.0 Å². The van der Waals surface area contributed by atoms with E-state index in [1.54, 1.807) is 20.8 Å². The second-order valence-electron chi connectivity index (χ2n) is 7.16. The van der Waals surface area contributed by atoms with Gasteiger partial charge < -0.3 is 20.1 Å². The van der Waals surface area contributed by atoms with Crippen molar-refractivity contribution < 1.29 is 28.2 Å². The molecule has 0 radical (unpaired) electrons. The number of carbonyl (C=O) groups excluding carboxylic acids is 2. The molecule has 0 aromatic heterocycles. The third kappa shape index (κ3) is 7.35. The maximum absolute atomic E-state index is 13.9. The summed E-state index contributed by atoms with van der Waals surface area (Å²) in [5.74, 6) is -1.57. The topological polar surface area (TPSA) is 78.9 Å². The van der Waals surface area contributed by atoms with Crippen LogP contribution in [0.4, 0.5) is 13.6 Å². The maximum Gasteiger partial charge on any atom is 0.407 e. The fourth-order valence-electron chi connectivity index (χ4n) is 2.22. The van der Waals surface area contributed by atoms with E-state index >= 15 is 0 Å². The van der Waals surface area contributed by atoms with Crippen molar-refractivity contribution in [2.24, 2.45) is 0 Å². The number of rotatable bonds is 6. The fraction of sp³-hybridized carbons (Fsp3) is 0.556. The van der Waals surface area contributed by atoms with Crippen LogP contribution in [-0.4, -0.2) is 53.3 Å². The van der Waals surface area contributed by atoms with Crippen LogP contribution < -0.4 is 5.32 Å². The minimum absolute atomic E-state index is 0.00409. The van der Waals surface area contributed by atoms with Gasteiger partial charge in [-0.2, -0.15) is 0 Å². The molecule has 2 atom stereocenters. The molecule has 146 valence electrons. The van der Waals surface area contributed by atoms with E-state index in [4.69, 9.17) is 4.74 Å². The first-order valence-electron chi connectivity index (χ1n) is 8.22. The number of hydrogen-bond acceptors (Lipinski definition) is 4. The smallest absolute Gasteiger partial charge is 0.407 e. The van der Waals surface area contributed by atoms with Crippen LogP contribution in [0.5, 0.6) is 0 Å². The lowest BCUT2D eigenvalue weighted by Gasteiger charge is -2.29. The molecule has 0 saturated carbocycles. The molecule has 6 nitrogen and oxygen atoms in total. The number of nitrogens with zero attached hydrogens (tertiary/aromatic N) is 1. The van der Waals surface area contributed by atoms with E-state index in [0.29, 0.717) is 0 Å². The van der Waals surface area contributed by atoms with Crippen molar-refractivity contribution in [3.8, 4) is 0 Å². The van der Waals surface area contributed by atoms with Gasteiger partial charge in [-0.25, -0.2) is 13.6 Å². The molecular formula is C18H26F2N2O4. The predicted molar refractivity (Wildman–Crippen MR) is 92.5 cm³/mol. The SMILES string of the molecule is CC(=O)N(C)C[C@H](O)[C@@H](Cc1cc(F)ccc1F)NC(=O)OC(C)(C)C. The highest BCUT2D eigenvalue weighted by atomic mass is 19.1. The Morgan fingerprint density at radius 1 is 1.31 bits per heavy atom. The van der Waals surface area contributed by atoms with E-state index in [1.807, 2.05) is 0 Å². The fourth-order valence-corrected chi connectivity index (χ4v) is 2.22. The number of benzene rings is 1. The van der Waals surface area contributed by atoms with Crippen LogP contribution >= 0.6 is 0 Å². The Morgan fingerprint density at radius 2 is 1.92 bits per heavy atom. The summed E-state index contributed by atoms with van der Waals surface area (Å²) in [5, 5.41) is 12.9. The zero-order valence-electron chi connectivity index (χ0n) is 15.7. The first kappa shape index (κ1) is 21.8. The lowest BCUT2D eigenvalue weighted by atomic mass is 10.00. The average Bonchev–Trinajstić information content (AvgIpc) is 2.48. The van der Waals surface area contributed by atoms with E-state index < -0.39 is 35.5 Å². The molecule has 26 heavy (non-hydrogen) atoms. The van der Waals surface area contributed by atoms with Crippen LogP contribution in [0.2, 0.25) is 0 Å². The van der Waals surface area contributed by atoms with Gasteiger partial charge >= 0.3 is 6.09 Å². The Labute approximate surface area is 152 Å². The molecule has 1 aromatic rings. The highest BCUT2D eigenvalue weighted by Crippen LogP contribution is 2.15. The van der Waals surface area contributed by atoms with E-state index in [-0.39, 0.29) is 24.4 Å². The van der Waals surface area contributed by atoms with Gasteiger partial charge in [-0.15, -0.1) is 0 Å². The molecule has 0 heterocycles. The summed E-state index contributed by atoms with van der Waals surface area (Å²) in [6.45, 7) is 6.26. The number of carbonyl (C=O) groups is 2. The quantitative estimate of drug-likeness (QED) is 0.803. The van der Waals surface area contributed by atoms with Crippen LogP contribution in [-0.2, 0) is 16.0 Å². The van der Waals surface area contributed by atoms with E-state index in [0.717, 1.165) is 18.2 Å². The van der Waals surface area contributed by atoms with Crippen LogP contribution in [0.25, 0.3) is 0 Å². The number of aliphatic hydroxyl groups is 1. The number of likely N-dealkylation sites (N-methyl/N-ethyl adjacent to an activating group) is 1. The molecule has 0 bridgehead atoms. The number of hydrogen-bond donors (Lipinski definition) is 2. The van der Waals surface area contributed by atoms with Crippen LogP contribution in [0.3, 0.4) is 0 Å². The van der Waals surface area contributed by atoms with Crippen molar-refractivity contribution in [1.82, 2.24) is 10.2 Å². The second kappa shape index (κ2) is 8.93. The van der Waals surface area contributed by atoms with Crippen LogP contribution in [0.1, 0.15) is 33.3 Å². The number of alkyl carbamates (subject to hydrolysis) is 1.